The minimum atomic E-state index is -4.38. The van der Waals surface area contributed by atoms with Gasteiger partial charge in [0.05, 0.1) is 12.0 Å². The number of benzene rings is 2. The summed E-state index contributed by atoms with van der Waals surface area (Å²) in [6, 6.07) is 12.8. The van der Waals surface area contributed by atoms with Gasteiger partial charge < -0.3 is 10.1 Å². The quantitative estimate of drug-likeness (QED) is 0.685. The van der Waals surface area contributed by atoms with E-state index in [2.05, 4.69) is 15.3 Å². The lowest BCUT2D eigenvalue weighted by atomic mass is 10.1. The molecule has 0 aliphatic carbocycles. The van der Waals surface area contributed by atoms with Crippen LogP contribution in [0.15, 0.2) is 60.8 Å². The Kier molecular flexibility index (Phi) is 5.58. The Morgan fingerprint density at radius 2 is 1.61 bits per heavy atom. The molecule has 3 rings (SSSR count). The third kappa shape index (κ3) is 5.29. The van der Waals surface area contributed by atoms with Crippen LogP contribution in [0.4, 0.5) is 19.0 Å². The van der Waals surface area contributed by atoms with Gasteiger partial charge in [-0.15, -0.1) is 0 Å². The molecular formula is C20H16F3N3O2. The molecule has 1 heterocycles. The molecular weight excluding hydrogens is 371 g/mol. The average Bonchev–Trinajstić information content (AvgIpc) is 2.63. The van der Waals surface area contributed by atoms with Crippen LogP contribution in [0.2, 0.25) is 0 Å². The van der Waals surface area contributed by atoms with Crippen LogP contribution in [-0.2, 0) is 17.4 Å². The summed E-state index contributed by atoms with van der Waals surface area (Å²) in [4.78, 5) is 20.2. The number of hydrogen-bond acceptors (Lipinski definition) is 4. The predicted octanol–water partition coefficient (Wildman–Crippen LogP) is 4.78. The molecule has 0 saturated carbocycles. The molecule has 1 amide bonds. The fraction of sp³-hybridized carbons (Fsp3) is 0.150. The number of carbonyl (C=O) groups is 1. The van der Waals surface area contributed by atoms with Crippen LogP contribution in [0.25, 0.3) is 0 Å². The van der Waals surface area contributed by atoms with Gasteiger partial charge in [0, 0.05) is 6.20 Å². The molecule has 0 unspecified atom stereocenters. The summed E-state index contributed by atoms with van der Waals surface area (Å²) < 4.78 is 43.2. The van der Waals surface area contributed by atoms with Gasteiger partial charge in [-0.1, -0.05) is 12.1 Å². The Labute approximate surface area is 159 Å². The summed E-state index contributed by atoms with van der Waals surface area (Å²) in [6.07, 6.45) is -2.68. The number of nitrogens with one attached hydrogen (secondary N) is 1. The number of nitrogens with zero attached hydrogens (tertiary/aromatic N) is 2. The highest BCUT2D eigenvalue weighted by atomic mass is 19.4. The largest absolute Gasteiger partial charge is 0.457 e. The second kappa shape index (κ2) is 8.08. The van der Waals surface area contributed by atoms with E-state index in [1.165, 1.54) is 12.1 Å². The van der Waals surface area contributed by atoms with Crippen LogP contribution in [0.5, 0.6) is 11.5 Å². The maximum atomic E-state index is 12.6. The molecule has 0 aliphatic rings. The number of rotatable bonds is 5. The van der Waals surface area contributed by atoms with E-state index in [1.807, 2.05) is 0 Å². The van der Waals surface area contributed by atoms with Gasteiger partial charge in [0.1, 0.15) is 23.1 Å². The minimum absolute atomic E-state index is 0.142. The lowest BCUT2D eigenvalue weighted by Crippen LogP contribution is -2.15. The van der Waals surface area contributed by atoms with Crippen LogP contribution in [0.3, 0.4) is 0 Å². The van der Waals surface area contributed by atoms with Crippen LogP contribution < -0.4 is 10.1 Å². The van der Waals surface area contributed by atoms with E-state index in [9.17, 15) is 18.0 Å². The fourth-order valence-corrected chi connectivity index (χ4v) is 2.42. The molecule has 1 aromatic heterocycles. The highest BCUT2D eigenvalue weighted by Gasteiger charge is 2.30. The van der Waals surface area contributed by atoms with Gasteiger partial charge in [0.25, 0.3) is 0 Å². The summed E-state index contributed by atoms with van der Waals surface area (Å²) in [5, 5.41) is 2.69. The molecule has 3 aromatic rings. The zero-order chi connectivity index (χ0) is 20.1. The normalized spacial score (nSPS) is 11.1. The number of aromatic nitrogens is 2. The minimum Gasteiger partial charge on any atom is -0.457 e. The second-order valence-electron chi connectivity index (χ2n) is 5.98. The van der Waals surface area contributed by atoms with Crippen LogP contribution in [0.1, 0.15) is 17.0 Å². The second-order valence-corrected chi connectivity index (χ2v) is 5.98. The number of hydrogen-bond donors (Lipinski definition) is 1. The standard InChI is InChI=1S/C20H16F3N3O2/c1-13-24-11-10-18(25-13)26-19(27)12-14-2-6-16(7-3-14)28-17-8-4-15(5-9-17)20(21,22)23/h2-11H,12H2,1H3,(H,24,25,26,27). The number of alkyl halides is 3. The Morgan fingerprint density at radius 1 is 1.00 bits per heavy atom. The third-order valence-electron chi connectivity index (χ3n) is 3.75. The Bertz CT molecular complexity index is 956. The number of halogens is 3. The van der Waals surface area contributed by atoms with E-state index in [0.29, 0.717) is 17.4 Å². The first-order chi connectivity index (χ1) is 13.3. The first-order valence-corrected chi connectivity index (χ1v) is 8.33. The molecule has 28 heavy (non-hydrogen) atoms. The first-order valence-electron chi connectivity index (χ1n) is 8.33. The lowest BCUT2D eigenvalue weighted by Gasteiger charge is -2.09. The highest BCUT2D eigenvalue weighted by molar-refractivity contribution is 5.91. The van der Waals surface area contributed by atoms with Crippen molar-refractivity contribution in [2.24, 2.45) is 0 Å². The van der Waals surface area contributed by atoms with Gasteiger partial charge in [-0.2, -0.15) is 13.2 Å². The molecule has 8 heteroatoms. The summed E-state index contributed by atoms with van der Waals surface area (Å²) in [5.74, 6) is 1.50. The van der Waals surface area contributed by atoms with Crippen molar-refractivity contribution in [3.05, 3.63) is 77.7 Å². The molecule has 0 fully saturated rings. The number of aryl methyl sites for hydroxylation is 1. The molecule has 0 radical (unpaired) electrons. The molecule has 0 saturated heterocycles. The number of amides is 1. The van der Waals surface area contributed by atoms with Crippen molar-refractivity contribution in [1.82, 2.24) is 9.97 Å². The average molecular weight is 387 g/mol. The zero-order valence-corrected chi connectivity index (χ0v) is 14.8. The van der Waals surface area contributed by atoms with E-state index in [-0.39, 0.29) is 18.1 Å². The number of ether oxygens (including phenoxy) is 1. The molecule has 1 N–H and O–H groups in total. The van der Waals surface area contributed by atoms with Crippen molar-refractivity contribution in [1.29, 1.82) is 0 Å². The van der Waals surface area contributed by atoms with Crippen molar-refractivity contribution in [3.63, 3.8) is 0 Å². The predicted molar refractivity (Wildman–Crippen MR) is 97.1 cm³/mol. The van der Waals surface area contributed by atoms with Gasteiger partial charge >= 0.3 is 6.18 Å². The summed E-state index contributed by atoms with van der Waals surface area (Å²) in [5.41, 5.74) is 0.0168. The first kappa shape index (κ1) is 19.3. The van der Waals surface area contributed by atoms with Crippen LogP contribution >= 0.6 is 0 Å². The molecule has 0 atom stereocenters. The van der Waals surface area contributed by atoms with Crippen molar-refractivity contribution in [2.45, 2.75) is 19.5 Å². The smallest absolute Gasteiger partial charge is 0.416 e. The van der Waals surface area contributed by atoms with E-state index in [0.717, 1.165) is 17.7 Å². The van der Waals surface area contributed by atoms with Crippen LogP contribution in [0, 0.1) is 6.92 Å². The van der Waals surface area contributed by atoms with E-state index < -0.39 is 11.7 Å². The molecule has 0 spiro atoms. The summed E-state index contributed by atoms with van der Waals surface area (Å²) in [6.45, 7) is 1.73. The maximum Gasteiger partial charge on any atom is 0.416 e. The molecule has 0 aliphatic heterocycles. The number of anilines is 1. The Morgan fingerprint density at radius 3 is 2.18 bits per heavy atom. The fourth-order valence-electron chi connectivity index (χ4n) is 2.42. The monoisotopic (exact) mass is 387 g/mol. The van der Waals surface area contributed by atoms with Gasteiger partial charge in [0.2, 0.25) is 5.91 Å². The van der Waals surface area contributed by atoms with Crippen molar-refractivity contribution in [3.8, 4) is 11.5 Å². The molecule has 5 nitrogen and oxygen atoms in total. The molecule has 0 bridgehead atoms. The maximum absolute atomic E-state index is 12.6. The third-order valence-corrected chi connectivity index (χ3v) is 3.75. The van der Waals surface area contributed by atoms with E-state index in [4.69, 9.17) is 4.74 Å². The van der Waals surface area contributed by atoms with E-state index >= 15 is 0 Å². The molecule has 144 valence electrons. The van der Waals surface area contributed by atoms with Gasteiger partial charge in [-0.3, -0.25) is 4.79 Å². The van der Waals surface area contributed by atoms with Crippen molar-refractivity contribution >= 4 is 11.7 Å². The topological polar surface area (TPSA) is 64.1 Å². The SMILES string of the molecule is Cc1nccc(NC(=O)Cc2ccc(Oc3ccc(C(F)(F)F)cc3)cc2)n1. The van der Waals surface area contributed by atoms with Gasteiger partial charge in [-0.05, 0) is 55.0 Å². The number of carbonyl (C=O) groups excluding carboxylic acids is 1. The highest BCUT2D eigenvalue weighted by Crippen LogP contribution is 2.31. The Balaban J connectivity index is 1.58. The van der Waals surface area contributed by atoms with E-state index in [1.54, 1.807) is 43.5 Å². The zero-order valence-electron chi connectivity index (χ0n) is 14.8. The summed E-state index contributed by atoms with van der Waals surface area (Å²) >= 11 is 0. The van der Waals surface area contributed by atoms with Gasteiger partial charge in [-0.25, -0.2) is 9.97 Å². The molecule has 2 aromatic carbocycles. The Hall–Kier alpha value is -3.42. The lowest BCUT2D eigenvalue weighted by molar-refractivity contribution is -0.137. The van der Waals surface area contributed by atoms with Crippen LogP contribution in [-0.4, -0.2) is 15.9 Å². The van der Waals surface area contributed by atoms with Gasteiger partial charge in [0.15, 0.2) is 0 Å². The van der Waals surface area contributed by atoms with Crippen molar-refractivity contribution in [2.75, 3.05) is 5.32 Å². The summed E-state index contributed by atoms with van der Waals surface area (Å²) in [7, 11) is 0. The van der Waals surface area contributed by atoms with Crippen molar-refractivity contribution < 1.29 is 22.7 Å².